The van der Waals surface area contributed by atoms with Gasteiger partial charge in [0.05, 0.1) is 20.0 Å². The summed E-state index contributed by atoms with van der Waals surface area (Å²) < 4.78 is 7.17. The monoisotopic (exact) mass is 490 g/mol. The Labute approximate surface area is 209 Å². The van der Waals surface area contributed by atoms with Gasteiger partial charge in [0.15, 0.2) is 17.0 Å². The van der Waals surface area contributed by atoms with Crippen LogP contribution in [0.2, 0.25) is 5.28 Å². The highest BCUT2D eigenvalue weighted by Crippen LogP contribution is 2.30. The number of likely N-dealkylation sites (N-methyl/N-ethyl adjacent to an activating group) is 1. The van der Waals surface area contributed by atoms with Crippen molar-refractivity contribution in [2.45, 2.75) is 20.4 Å². The number of rotatable bonds is 7. The fourth-order valence-corrected chi connectivity index (χ4v) is 3.94. The Kier molecular flexibility index (Phi) is 7.02. The smallest absolute Gasteiger partial charge is 0.246 e. The predicted molar refractivity (Wildman–Crippen MR) is 139 cm³/mol. The van der Waals surface area contributed by atoms with E-state index in [1.807, 2.05) is 60.9 Å². The van der Waals surface area contributed by atoms with E-state index in [-0.39, 0.29) is 11.2 Å². The first-order valence-corrected chi connectivity index (χ1v) is 11.4. The number of nitrogens with one attached hydrogen (secondary N) is 1. The first-order chi connectivity index (χ1) is 16.7. The maximum Gasteiger partial charge on any atom is 0.246 e. The molecule has 0 bridgehead atoms. The van der Waals surface area contributed by atoms with Crippen LogP contribution in [0.5, 0.6) is 5.75 Å². The summed E-state index contributed by atoms with van der Waals surface area (Å²) in [5.74, 6) is 1.27. The second-order valence-corrected chi connectivity index (χ2v) is 8.79. The van der Waals surface area contributed by atoms with E-state index in [2.05, 4.69) is 20.3 Å². The molecule has 0 saturated heterocycles. The molecule has 0 spiro atoms. The Morgan fingerprint density at radius 3 is 2.46 bits per heavy atom. The second-order valence-electron chi connectivity index (χ2n) is 8.45. The topological polar surface area (TPSA) is 85.2 Å². The zero-order valence-electron chi connectivity index (χ0n) is 20.3. The molecule has 0 aliphatic heterocycles. The van der Waals surface area contributed by atoms with Gasteiger partial charge in [-0.25, -0.2) is 4.98 Å². The average Bonchev–Trinajstić information content (AvgIpc) is 3.22. The van der Waals surface area contributed by atoms with Crippen LogP contribution in [0, 0.1) is 13.8 Å². The Balaban J connectivity index is 1.63. The summed E-state index contributed by atoms with van der Waals surface area (Å²) in [6, 6.07) is 11.9. The zero-order chi connectivity index (χ0) is 25.1. The number of imidazole rings is 1. The summed E-state index contributed by atoms with van der Waals surface area (Å²) in [5.41, 5.74) is 6.20. The molecule has 0 aliphatic rings. The molecule has 0 radical (unpaired) electrons. The van der Waals surface area contributed by atoms with Gasteiger partial charge in [-0.05, 0) is 78.0 Å². The number of hydrogen-bond donors (Lipinski definition) is 1. The van der Waals surface area contributed by atoms with E-state index in [4.69, 9.17) is 16.3 Å². The molecule has 2 heterocycles. The van der Waals surface area contributed by atoms with Gasteiger partial charge in [-0.1, -0.05) is 12.1 Å². The fourth-order valence-electron chi connectivity index (χ4n) is 3.77. The largest absolute Gasteiger partial charge is 0.497 e. The van der Waals surface area contributed by atoms with Crippen LogP contribution in [0.25, 0.3) is 17.2 Å². The van der Waals surface area contributed by atoms with Gasteiger partial charge >= 0.3 is 0 Å². The molecule has 2 aromatic heterocycles. The van der Waals surface area contributed by atoms with E-state index in [9.17, 15) is 4.79 Å². The van der Waals surface area contributed by atoms with Crippen LogP contribution in [0.15, 0.2) is 48.8 Å². The maximum absolute atomic E-state index is 11.9. The minimum absolute atomic E-state index is 0.0641. The van der Waals surface area contributed by atoms with Gasteiger partial charge < -0.3 is 19.5 Å². The Bertz CT molecular complexity index is 1390. The molecule has 9 heteroatoms. The lowest BCUT2D eigenvalue weighted by Gasteiger charge is -2.14. The van der Waals surface area contributed by atoms with Crippen molar-refractivity contribution in [1.29, 1.82) is 0 Å². The summed E-state index contributed by atoms with van der Waals surface area (Å²) in [6.45, 7) is 4.59. The minimum atomic E-state index is -0.0641. The number of anilines is 2. The van der Waals surface area contributed by atoms with Crippen LogP contribution >= 0.6 is 11.6 Å². The number of benzene rings is 2. The predicted octanol–water partition coefficient (Wildman–Crippen LogP) is 5.00. The molecular formula is C26H27ClN6O2. The summed E-state index contributed by atoms with van der Waals surface area (Å²) in [6.07, 6.45) is 5.11. The van der Waals surface area contributed by atoms with Crippen LogP contribution < -0.4 is 10.1 Å². The first kappa shape index (κ1) is 24.2. The molecule has 8 nitrogen and oxygen atoms in total. The van der Waals surface area contributed by atoms with E-state index < -0.39 is 0 Å². The summed E-state index contributed by atoms with van der Waals surface area (Å²) in [5, 5.41) is 3.53. The molecule has 1 amide bonds. The van der Waals surface area contributed by atoms with Crippen LogP contribution in [0.4, 0.5) is 11.5 Å². The zero-order valence-corrected chi connectivity index (χ0v) is 21.1. The van der Waals surface area contributed by atoms with E-state index in [1.54, 1.807) is 33.6 Å². The first-order valence-electron chi connectivity index (χ1n) is 11.0. The van der Waals surface area contributed by atoms with Gasteiger partial charge in [0.2, 0.25) is 11.2 Å². The van der Waals surface area contributed by atoms with Crippen molar-refractivity contribution in [2.75, 3.05) is 26.5 Å². The van der Waals surface area contributed by atoms with Gasteiger partial charge in [0.25, 0.3) is 0 Å². The van der Waals surface area contributed by atoms with Crippen molar-refractivity contribution in [3.05, 3.63) is 76.3 Å². The molecule has 0 unspecified atom stereocenters. The Hall–Kier alpha value is -3.91. The van der Waals surface area contributed by atoms with E-state index in [1.165, 1.54) is 4.90 Å². The number of carbonyl (C=O) groups is 1. The van der Waals surface area contributed by atoms with Gasteiger partial charge in [-0.15, -0.1) is 0 Å². The highest BCUT2D eigenvalue weighted by atomic mass is 35.5. The lowest BCUT2D eigenvalue weighted by atomic mass is 10.0. The Morgan fingerprint density at radius 2 is 1.83 bits per heavy atom. The summed E-state index contributed by atoms with van der Waals surface area (Å²) >= 11 is 6.30. The van der Waals surface area contributed by atoms with Gasteiger partial charge in [-0.2, -0.15) is 9.97 Å². The lowest BCUT2D eigenvalue weighted by molar-refractivity contribution is -0.123. The third kappa shape index (κ3) is 5.44. The van der Waals surface area contributed by atoms with E-state index in [0.29, 0.717) is 23.5 Å². The molecule has 0 saturated carbocycles. The van der Waals surface area contributed by atoms with Crippen LogP contribution in [0.3, 0.4) is 0 Å². The molecule has 0 fully saturated rings. The highest BCUT2D eigenvalue weighted by molar-refractivity contribution is 6.28. The van der Waals surface area contributed by atoms with E-state index in [0.717, 1.165) is 33.7 Å². The van der Waals surface area contributed by atoms with Crippen molar-refractivity contribution >= 4 is 46.3 Å². The van der Waals surface area contributed by atoms with Crippen LogP contribution in [-0.4, -0.2) is 51.5 Å². The summed E-state index contributed by atoms with van der Waals surface area (Å²) in [4.78, 5) is 26.8. The molecule has 0 atom stereocenters. The molecule has 0 aliphatic carbocycles. The van der Waals surface area contributed by atoms with Crippen molar-refractivity contribution in [1.82, 2.24) is 24.4 Å². The molecule has 4 rings (SSSR count). The molecule has 1 N–H and O–H groups in total. The summed E-state index contributed by atoms with van der Waals surface area (Å²) in [7, 11) is 5.09. The lowest BCUT2D eigenvalue weighted by Crippen LogP contribution is -2.18. The van der Waals surface area contributed by atoms with E-state index >= 15 is 0 Å². The van der Waals surface area contributed by atoms with Crippen molar-refractivity contribution in [2.24, 2.45) is 0 Å². The number of aryl methyl sites for hydroxylation is 2. The highest BCUT2D eigenvalue weighted by Gasteiger charge is 2.15. The number of aromatic nitrogens is 4. The number of nitrogens with zero attached hydrogens (tertiary/aromatic N) is 5. The van der Waals surface area contributed by atoms with Crippen LogP contribution in [-0.2, 0) is 11.3 Å². The fraction of sp³-hybridized carbons (Fsp3) is 0.231. The number of methoxy groups -OCH3 is 1. The van der Waals surface area contributed by atoms with Crippen LogP contribution in [0.1, 0.15) is 22.3 Å². The van der Waals surface area contributed by atoms with Crippen molar-refractivity contribution < 1.29 is 9.53 Å². The Morgan fingerprint density at radius 1 is 1.14 bits per heavy atom. The molecule has 4 aromatic rings. The van der Waals surface area contributed by atoms with Crippen molar-refractivity contribution in [3.63, 3.8) is 0 Å². The van der Waals surface area contributed by atoms with Gasteiger partial charge in [0, 0.05) is 25.9 Å². The quantitative estimate of drug-likeness (QED) is 0.290. The normalized spacial score (nSPS) is 11.3. The number of hydrogen-bond acceptors (Lipinski definition) is 6. The second kappa shape index (κ2) is 10.1. The van der Waals surface area contributed by atoms with Gasteiger partial charge in [-0.3, -0.25) is 4.79 Å². The maximum atomic E-state index is 11.9. The molecule has 180 valence electrons. The number of carbonyl (C=O) groups excluding carboxylic acids is 1. The third-order valence-electron chi connectivity index (χ3n) is 5.61. The van der Waals surface area contributed by atoms with Gasteiger partial charge in [0.1, 0.15) is 5.75 Å². The third-order valence-corrected chi connectivity index (χ3v) is 5.78. The SMILES string of the molecule is COc1ccc(Cn2cnc3c(Nc4c(C)cc(/C=C/C(=O)N(C)C)cc4C)nc(Cl)nc32)cc1. The van der Waals surface area contributed by atoms with Crippen molar-refractivity contribution in [3.8, 4) is 5.75 Å². The number of ether oxygens (including phenoxy) is 1. The minimum Gasteiger partial charge on any atom is -0.497 e. The number of amides is 1. The molecule has 35 heavy (non-hydrogen) atoms. The molecule has 2 aromatic carbocycles. The standard InChI is InChI=1S/C26H27ClN6O2/c1-16-12-19(8-11-21(34)32(3)4)13-17(2)22(16)29-24-23-25(31-26(27)30-24)33(15-28-23)14-18-6-9-20(35-5)10-7-18/h6-13,15H,14H2,1-5H3,(H,29,30,31)/b11-8+. The number of halogens is 1. The molecular weight excluding hydrogens is 464 g/mol. The average molecular weight is 491 g/mol. The number of fused-ring (bicyclic) bond motifs is 1.